The number of esters is 1. The molecule has 0 aliphatic carbocycles. The SMILES string of the molecule is CC(=O)Oc1ccc(C(=O)N[C@H](Cc2ccc3ccccc3c2)C(N)=O)cc1. The fraction of sp³-hybridized carbons (Fsp3) is 0.136. The van der Waals surface area contributed by atoms with Crippen molar-refractivity contribution in [3.63, 3.8) is 0 Å². The molecule has 3 aromatic carbocycles. The number of amides is 2. The van der Waals surface area contributed by atoms with E-state index in [9.17, 15) is 14.4 Å². The highest BCUT2D eigenvalue weighted by Crippen LogP contribution is 2.17. The van der Waals surface area contributed by atoms with Gasteiger partial charge in [-0.15, -0.1) is 0 Å². The number of benzene rings is 3. The molecule has 6 nitrogen and oxygen atoms in total. The lowest BCUT2D eigenvalue weighted by molar-refractivity contribution is -0.131. The normalized spacial score (nSPS) is 11.6. The van der Waals surface area contributed by atoms with Crippen LogP contribution in [0.3, 0.4) is 0 Å². The molecule has 0 aromatic heterocycles. The summed E-state index contributed by atoms with van der Waals surface area (Å²) in [6, 6.07) is 19.0. The highest BCUT2D eigenvalue weighted by molar-refractivity contribution is 5.97. The lowest BCUT2D eigenvalue weighted by Crippen LogP contribution is -2.45. The van der Waals surface area contributed by atoms with Crippen LogP contribution >= 0.6 is 0 Å². The van der Waals surface area contributed by atoms with E-state index >= 15 is 0 Å². The van der Waals surface area contributed by atoms with Gasteiger partial charge in [0, 0.05) is 18.9 Å². The van der Waals surface area contributed by atoms with E-state index in [-0.39, 0.29) is 6.42 Å². The predicted molar refractivity (Wildman–Crippen MR) is 106 cm³/mol. The van der Waals surface area contributed by atoms with Gasteiger partial charge in [0.1, 0.15) is 11.8 Å². The van der Waals surface area contributed by atoms with Crippen molar-refractivity contribution in [3.05, 3.63) is 77.9 Å². The summed E-state index contributed by atoms with van der Waals surface area (Å²) in [4.78, 5) is 35.3. The number of fused-ring (bicyclic) bond motifs is 1. The van der Waals surface area contributed by atoms with Crippen molar-refractivity contribution < 1.29 is 19.1 Å². The lowest BCUT2D eigenvalue weighted by atomic mass is 10.0. The second-order valence-corrected chi connectivity index (χ2v) is 6.43. The third-order valence-corrected chi connectivity index (χ3v) is 4.28. The molecule has 6 heteroatoms. The molecule has 0 spiro atoms. The average Bonchev–Trinajstić information content (AvgIpc) is 2.67. The van der Waals surface area contributed by atoms with Crippen LogP contribution in [0.4, 0.5) is 0 Å². The second-order valence-electron chi connectivity index (χ2n) is 6.43. The minimum absolute atomic E-state index is 0.289. The first-order valence-electron chi connectivity index (χ1n) is 8.79. The molecule has 0 heterocycles. The second kappa shape index (κ2) is 8.35. The number of primary amides is 1. The van der Waals surface area contributed by atoms with Crippen LogP contribution in [0.25, 0.3) is 10.8 Å². The van der Waals surface area contributed by atoms with Gasteiger partial charge in [0.05, 0.1) is 0 Å². The van der Waals surface area contributed by atoms with Crippen LogP contribution < -0.4 is 15.8 Å². The number of nitrogens with one attached hydrogen (secondary N) is 1. The molecule has 0 saturated heterocycles. The average molecular weight is 376 g/mol. The summed E-state index contributed by atoms with van der Waals surface area (Å²) in [5.41, 5.74) is 6.72. The zero-order chi connectivity index (χ0) is 20.1. The quantitative estimate of drug-likeness (QED) is 0.510. The van der Waals surface area contributed by atoms with Gasteiger partial charge < -0.3 is 15.8 Å². The van der Waals surface area contributed by atoms with Gasteiger partial charge in [-0.3, -0.25) is 14.4 Å². The Balaban J connectivity index is 1.72. The van der Waals surface area contributed by atoms with Crippen molar-refractivity contribution in [2.75, 3.05) is 0 Å². The molecular formula is C22H20N2O4. The van der Waals surface area contributed by atoms with E-state index < -0.39 is 23.8 Å². The first-order valence-corrected chi connectivity index (χ1v) is 8.79. The van der Waals surface area contributed by atoms with Gasteiger partial charge >= 0.3 is 5.97 Å². The van der Waals surface area contributed by atoms with Gasteiger partial charge in [0.2, 0.25) is 5.91 Å². The topological polar surface area (TPSA) is 98.5 Å². The Kier molecular flexibility index (Phi) is 5.69. The maximum Gasteiger partial charge on any atom is 0.308 e. The molecule has 0 fully saturated rings. The van der Waals surface area contributed by atoms with Crippen molar-refractivity contribution in [3.8, 4) is 5.75 Å². The molecule has 3 rings (SSSR count). The van der Waals surface area contributed by atoms with Crippen molar-refractivity contribution in [2.24, 2.45) is 5.73 Å². The molecular weight excluding hydrogens is 356 g/mol. The van der Waals surface area contributed by atoms with Crippen molar-refractivity contribution in [2.45, 2.75) is 19.4 Å². The highest BCUT2D eigenvalue weighted by atomic mass is 16.5. The molecule has 0 radical (unpaired) electrons. The van der Waals surface area contributed by atoms with Crippen LogP contribution in [0.5, 0.6) is 5.75 Å². The Morgan fingerprint density at radius 3 is 2.29 bits per heavy atom. The molecule has 0 bridgehead atoms. The van der Waals surface area contributed by atoms with E-state index in [1.165, 1.54) is 31.2 Å². The van der Waals surface area contributed by atoms with Crippen LogP contribution in [0.2, 0.25) is 0 Å². The molecule has 2 amide bonds. The molecule has 0 unspecified atom stereocenters. The predicted octanol–water partition coefficient (Wildman–Crippen LogP) is 2.59. The zero-order valence-electron chi connectivity index (χ0n) is 15.3. The Bertz CT molecular complexity index is 1030. The Morgan fingerprint density at radius 1 is 0.964 bits per heavy atom. The van der Waals surface area contributed by atoms with Gasteiger partial charge in [-0.05, 0) is 40.6 Å². The van der Waals surface area contributed by atoms with E-state index in [1.54, 1.807) is 0 Å². The number of hydrogen-bond donors (Lipinski definition) is 2. The van der Waals surface area contributed by atoms with Crippen molar-refractivity contribution in [1.29, 1.82) is 0 Å². The third kappa shape index (κ3) is 4.73. The maximum atomic E-state index is 12.5. The minimum Gasteiger partial charge on any atom is -0.427 e. The van der Waals surface area contributed by atoms with Crippen LogP contribution in [0.15, 0.2) is 66.7 Å². The first-order chi connectivity index (χ1) is 13.4. The molecule has 3 aromatic rings. The fourth-order valence-electron chi connectivity index (χ4n) is 2.91. The molecule has 0 aliphatic heterocycles. The van der Waals surface area contributed by atoms with Crippen LogP contribution in [-0.4, -0.2) is 23.8 Å². The van der Waals surface area contributed by atoms with Gasteiger partial charge in [-0.25, -0.2) is 0 Å². The van der Waals surface area contributed by atoms with E-state index in [0.717, 1.165) is 16.3 Å². The number of ether oxygens (including phenoxy) is 1. The smallest absolute Gasteiger partial charge is 0.308 e. The Labute approximate surface area is 162 Å². The summed E-state index contributed by atoms with van der Waals surface area (Å²) in [5.74, 6) is -1.15. The summed E-state index contributed by atoms with van der Waals surface area (Å²) < 4.78 is 4.94. The largest absolute Gasteiger partial charge is 0.427 e. The molecule has 28 heavy (non-hydrogen) atoms. The Hall–Kier alpha value is -3.67. The zero-order valence-corrected chi connectivity index (χ0v) is 15.3. The van der Waals surface area contributed by atoms with E-state index in [4.69, 9.17) is 10.5 Å². The number of carbonyl (C=O) groups is 3. The highest BCUT2D eigenvalue weighted by Gasteiger charge is 2.19. The third-order valence-electron chi connectivity index (χ3n) is 4.28. The number of hydrogen-bond acceptors (Lipinski definition) is 4. The molecule has 142 valence electrons. The molecule has 0 saturated carbocycles. The van der Waals surface area contributed by atoms with E-state index in [0.29, 0.717) is 11.3 Å². The summed E-state index contributed by atoms with van der Waals surface area (Å²) in [6.07, 6.45) is 0.289. The van der Waals surface area contributed by atoms with Crippen LogP contribution in [0, 0.1) is 0 Å². The number of rotatable bonds is 6. The lowest BCUT2D eigenvalue weighted by Gasteiger charge is -2.16. The molecule has 0 aliphatic rings. The first kappa shape index (κ1) is 19.1. The van der Waals surface area contributed by atoms with Crippen LogP contribution in [-0.2, 0) is 16.0 Å². The van der Waals surface area contributed by atoms with Crippen LogP contribution in [0.1, 0.15) is 22.8 Å². The van der Waals surface area contributed by atoms with Gasteiger partial charge in [0.25, 0.3) is 5.91 Å². The van der Waals surface area contributed by atoms with Crippen molar-refractivity contribution >= 4 is 28.6 Å². The van der Waals surface area contributed by atoms with Gasteiger partial charge in [-0.1, -0.05) is 42.5 Å². The van der Waals surface area contributed by atoms with Gasteiger partial charge in [0.15, 0.2) is 0 Å². The summed E-state index contributed by atoms with van der Waals surface area (Å²) in [7, 11) is 0. The number of nitrogens with two attached hydrogens (primary N) is 1. The minimum atomic E-state index is -0.846. The summed E-state index contributed by atoms with van der Waals surface area (Å²) >= 11 is 0. The Morgan fingerprint density at radius 2 is 1.64 bits per heavy atom. The fourth-order valence-corrected chi connectivity index (χ4v) is 2.91. The van der Waals surface area contributed by atoms with E-state index in [2.05, 4.69) is 5.32 Å². The molecule has 3 N–H and O–H groups in total. The standard InChI is InChI=1S/C22H20N2O4/c1-14(25)28-19-10-8-17(9-11-19)22(27)24-20(21(23)26)13-15-6-7-16-4-2-3-5-18(16)12-15/h2-12,20H,13H2,1H3,(H2,23,26)(H,24,27)/t20-/m1/s1. The number of carbonyl (C=O) groups excluding carboxylic acids is 3. The summed E-state index contributed by atoms with van der Waals surface area (Å²) in [5, 5.41) is 4.82. The molecule has 1 atom stereocenters. The van der Waals surface area contributed by atoms with Gasteiger partial charge in [-0.2, -0.15) is 0 Å². The van der Waals surface area contributed by atoms with Crippen molar-refractivity contribution in [1.82, 2.24) is 5.32 Å². The van der Waals surface area contributed by atoms with E-state index in [1.807, 2.05) is 42.5 Å². The monoisotopic (exact) mass is 376 g/mol. The maximum absolute atomic E-state index is 12.5. The summed E-state index contributed by atoms with van der Waals surface area (Å²) in [6.45, 7) is 1.30.